The van der Waals surface area contributed by atoms with Crippen LogP contribution in [0.5, 0.6) is 0 Å². The van der Waals surface area contributed by atoms with E-state index in [4.69, 9.17) is 16.9 Å². The molecule has 0 unspecified atom stereocenters. The molecule has 0 atom stereocenters. The van der Waals surface area contributed by atoms with Crippen molar-refractivity contribution in [2.45, 2.75) is 12.6 Å². The van der Waals surface area contributed by atoms with Crippen LogP contribution in [0.25, 0.3) is 11.1 Å². The Bertz CT molecular complexity index is 672. The molecule has 0 aliphatic heterocycles. The molecule has 0 radical (unpaired) electrons. The minimum Gasteiger partial charge on any atom is -0.198 e. The van der Waals surface area contributed by atoms with Crippen molar-refractivity contribution in [2.75, 3.05) is 0 Å². The Morgan fingerprint density at radius 3 is 2.40 bits per heavy atom. The highest BCUT2D eigenvalue weighted by molar-refractivity contribution is 6.31. The van der Waals surface area contributed by atoms with E-state index in [0.29, 0.717) is 16.1 Å². The van der Waals surface area contributed by atoms with E-state index in [1.807, 2.05) is 6.07 Å². The summed E-state index contributed by atoms with van der Waals surface area (Å²) in [6, 6.07) is 11.9. The second-order valence-corrected chi connectivity index (χ2v) is 4.59. The normalized spacial score (nSPS) is 11.2. The third kappa shape index (κ3) is 2.94. The lowest BCUT2D eigenvalue weighted by Crippen LogP contribution is -2.06. The molecule has 0 aliphatic carbocycles. The van der Waals surface area contributed by atoms with E-state index in [-0.39, 0.29) is 12.0 Å². The first-order valence-electron chi connectivity index (χ1n) is 5.75. The summed E-state index contributed by atoms with van der Waals surface area (Å²) in [6.07, 6.45) is -4.30. The fourth-order valence-electron chi connectivity index (χ4n) is 1.93. The summed E-state index contributed by atoms with van der Waals surface area (Å²) >= 11 is 5.99. The third-order valence-corrected chi connectivity index (χ3v) is 3.22. The summed E-state index contributed by atoms with van der Waals surface area (Å²) in [5.74, 6) is 0. The fourth-order valence-corrected chi connectivity index (χ4v) is 2.17. The van der Waals surface area contributed by atoms with Gasteiger partial charge >= 0.3 is 6.18 Å². The summed E-state index contributed by atoms with van der Waals surface area (Å²) in [5.41, 5.74) is 0.349. The van der Waals surface area contributed by atoms with Gasteiger partial charge in [0.25, 0.3) is 0 Å². The maximum absolute atomic E-state index is 13.0. The molecule has 0 N–H and O–H groups in total. The maximum Gasteiger partial charge on any atom is 0.417 e. The summed E-state index contributed by atoms with van der Waals surface area (Å²) in [7, 11) is 0. The summed E-state index contributed by atoms with van der Waals surface area (Å²) in [4.78, 5) is 0. The number of hydrogen-bond acceptors (Lipinski definition) is 1. The van der Waals surface area contributed by atoms with E-state index in [0.717, 1.165) is 6.07 Å². The molecule has 1 nitrogen and oxygen atoms in total. The molecule has 2 rings (SSSR count). The Kier molecular flexibility index (Phi) is 4.01. The Hall–Kier alpha value is -1.99. The third-order valence-electron chi connectivity index (χ3n) is 2.87. The lowest BCUT2D eigenvalue weighted by molar-refractivity contribution is -0.137. The highest BCUT2D eigenvalue weighted by Gasteiger charge is 2.33. The zero-order chi connectivity index (χ0) is 14.8. The number of alkyl halides is 3. The summed E-state index contributed by atoms with van der Waals surface area (Å²) in [5, 5.41) is 8.92. The molecule has 0 aromatic heterocycles. The van der Waals surface area contributed by atoms with Gasteiger partial charge in [0, 0.05) is 5.02 Å². The second kappa shape index (κ2) is 5.56. The number of halogens is 4. The second-order valence-electron chi connectivity index (χ2n) is 4.18. The molecule has 0 heterocycles. The minimum atomic E-state index is -4.42. The van der Waals surface area contributed by atoms with Crippen molar-refractivity contribution in [2.24, 2.45) is 0 Å². The number of benzene rings is 2. The van der Waals surface area contributed by atoms with Gasteiger partial charge in [-0.3, -0.25) is 0 Å². The molecular formula is C15H9ClF3N. The van der Waals surface area contributed by atoms with Gasteiger partial charge in [-0.2, -0.15) is 18.4 Å². The number of nitrogens with zero attached hydrogens (tertiary/aromatic N) is 1. The molecule has 0 spiro atoms. The van der Waals surface area contributed by atoms with E-state index in [1.165, 1.54) is 18.2 Å². The first kappa shape index (κ1) is 14.4. The van der Waals surface area contributed by atoms with Crippen molar-refractivity contribution in [3.8, 4) is 17.2 Å². The average molecular weight is 296 g/mol. The number of hydrogen-bond donors (Lipinski definition) is 0. The minimum absolute atomic E-state index is 0.0745. The van der Waals surface area contributed by atoms with Crippen molar-refractivity contribution in [3.63, 3.8) is 0 Å². The lowest BCUT2D eigenvalue weighted by atomic mass is 9.98. The van der Waals surface area contributed by atoms with Gasteiger partial charge in [0.2, 0.25) is 0 Å². The van der Waals surface area contributed by atoms with Crippen molar-refractivity contribution in [3.05, 3.63) is 58.6 Å². The van der Waals surface area contributed by atoms with Crippen LogP contribution in [0.2, 0.25) is 5.02 Å². The quantitative estimate of drug-likeness (QED) is 0.757. The van der Waals surface area contributed by atoms with Gasteiger partial charge in [-0.25, -0.2) is 0 Å². The summed E-state index contributed by atoms with van der Waals surface area (Å²) in [6.45, 7) is 0. The molecule has 0 saturated heterocycles. The predicted octanol–water partition coefficient (Wildman–Crippen LogP) is 5.09. The molecule has 20 heavy (non-hydrogen) atoms. The molecule has 0 amide bonds. The van der Waals surface area contributed by atoms with Gasteiger partial charge in [0.05, 0.1) is 18.1 Å². The van der Waals surface area contributed by atoms with Crippen LogP contribution in [0.3, 0.4) is 0 Å². The highest BCUT2D eigenvalue weighted by Crippen LogP contribution is 2.37. The van der Waals surface area contributed by atoms with Crippen LogP contribution >= 0.6 is 11.6 Å². The van der Waals surface area contributed by atoms with Gasteiger partial charge in [-0.15, -0.1) is 0 Å². The van der Waals surface area contributed by atoms with Crippen molar-refractivity contribution in [1.82, 2.24) is 0 Å². The van der Waals surface area contributed by atoms with Gasteiger partial charge in [-0.1, -0.05) is 41.9 Å². The predicted molar refractivity (Wildman–Crippen MR) is 71.2 cm³/mol. The smallest absolute Gasteiger partial charge is 0.198 e. The molecule has 0 saturated carbocycles. The van der Waals surface area contributed by atoms with E-state index in [9.17, 15) is 13.2 Å². The molecular weight excluding hydrogens is 287 g/mol. The van der Waals surface area contributed by atoms with E-state index in [1.54, 1.807) is 18.2 Å². The largest absolute Gasteiger partial charge is 0.417 e. The lowest BCUT2D eigenvalue weighted by Gasteiger charge is -2.13. The first-order valence-corrected chi connectivity index (χ1v) is 6.13. The molecule has 102 valence electrons. The topological polar surface area (TPSA) is 23.8 Å². The Labute approximate surface area is 119 Å². The van der Waals surface area contributed by atoms with Crippen LogP contribution in [-0.2, 0) is 12.6 Å². The van der Waals surface area contributed by atoms with E-state index >= 15 is 0 Å². The Morgan fingerprint density at radius 2 is 1.80 bits per heavy atom. The molecule has 0 fully saturated rings. The van der Waals surface area contributed by atoms with Crippen molar-refractivity contribution >= 4 is 11.6 Å². The van der Waals surface area contributed by atoms with E-state index in [2.05, 4.69) is 0 Å². The molecule has 2 aromatic rings. The van der Waals surface area contributed by atoms with Gasteiger partial charge < -0.3 is 0 Å². The molecule has 5 heteroatoms. The van der Waals surface area contributed by atoms with E-state index < -0.39 is 11.7 Å². The summed E-state index contributed by atoms with van der Waals surface area (Å²) < 4.78 is 38.9. The fraction of sp³-hybridized carbons (Fsp3) is 0.133. The Morgan fingerprint density at radius 1 is 1.10 bits per heavy atom. The highest BCUT2D eigenvalue weighted by atomic mass is 35.5. The van der Waals surface area contributed by atoms with Gasteiger partial charge in [-0.05, 0) is 28.8 Å². The molecule has 0 bridgehead atoms. The SMILES string of the molecule is N#CCc1ccc(-c2ccccc2C(F)(F)F)cc1Cl. The van der Waals surface area contributed by atoms with Crippen LogP contribution in [0.1, 0.15) is 11.1 Å². The molecule has 0 aliphatic rings. The zero-order valence-corrected chi connectivity index (χ0v) is 11.0. The maximum atomic E-state index is 13.0. The van der Waals surface area contributed by atoms with Crippen LogP contribution in [0.15, 0.2) is 42.5 Å². The zero-order valence-electron chi connectivity index (χ0n) is 10.2. The van der Waals surface area contributed by atoms with Crippen molar-refractivity contribution < 1.29 is 13.2 Å². The molecule has 2 aromatic carbocycles. The Balaban J connectivity index is 2.53. The standard InChI is InChI=1S/C15H9ClF3N/c16-14-9-11(6-5-10(14)7-8-20)12-3-1-2-4-13(12)15(17,18)19/h1-6,9H,7H2. The average Bonchev–Trinajstić information content (AvgIpc) is 2.40. The van der Waals surface area contributed by atoms with Gasteiger partial charge in [0.15, 0.2) is 0 Å². The van der Waals surface area contributed by atoms with Crippen LogP contribution in [-0.4, -0.2) is 0 Å². The van der Waals surface area contributed by atoms with Crippen LogP contribution < -0.4 is 0 Å². The number of nitriles is 1. The number of rotatable bonds is 2. The van der Waals surface area contributed by atoms with Gasteiger partial charge in [0.1, 0.15) is 0 Å². The van der Waals surface area contributed by atoms with Crippen LogP contribution in [0.4, 0.5) is 13.2 Å². The van der Waals surface area contributed by atoms with Crippen LogP contribution in [0, 0.1) is 11.3 Å². The monoisotopic (exact) mass is 295 g/mol. The van der Waals surface area contributed by atoms with Crippen molar-refractivity contribution in [1.29, 1.82) is 5.26 Å². The first-order chi connectivity index (χ1) is 9.43.